The zero-order valence-electron chi connectivity index (χ0n) is 16.9. The number of ether oxygens (including phenoxy) is 2. The summed E-state index contributed by atoms with van der Waals surface area (Å²) >= 11 is 0. The molecule has 0 aliphatic carbocycles. The molecule has 12 heteroatoms. The van der Waals surface area contributed by atoms with Gasteiger partial charge in [0.1, 0.15) is 6.29 Å². The lowest BCUT2D eigenvalue weighted by molar-refractivity contribution is -0.157. The third-order valence-corrected chi connectivity index (χ3v) is 3.90. The fourth-order valence-electron chi connectivity index (χ4n) is 1.75. The molecule has 0 radical (unpaired) electrons. The number of carbonyl (C=O) groups is 3. The molecule has 166 valence electrons. The number of carbonyl (C=O) groups excluding carboxylic acids is 2. The van der Waals surface area contributed by atoms with Crippen molar-refractivity contribution < 1.29 is 42.9 Å². The number of nitrogens with one attached hydrogen (secondary N) is 1. The van der Waals surface area contributed by atoms with E-state index in [1.165, 1.54) is 0 Å². The smallest absolute Gasteiger partial charge is 0.410 e. The average molecular weight is 428 g/mol. The predicted molar refractivity (Wildman–Crippen MR) is 101 cm³/mol. The van der Waals surface area contributed by atoms with Gasteiger partial charge in [0, 0.05) is 0 Å². The van der Waals surface area contributed by atoms with Crippen molar-refractivity contribution in [3.8, 4) is 0 Å². The summed E-state index contributed by atoms with van der Waals surface area (Å²) in [6, 6.07) is 0.333. The summed E-state index contributed by atoms with van der Waals surface area (Å²) in [5.74, 6) is -2.15. The molecule has 0 bridgehead atoms. The van der Waals surface area contributed by atoms with E-state index in [0.29, 0.717) is 18.9 Å². The van der Waals surface area contributed by atoms with Crippen LogP contribution in [0.2, 0.25) is 0 Å². The lowest BCUT2D eigenvalue weighted by atomic mass is 9.99. The van der Waals surface area contributed by atoms with Crippen LogP contribution in [0, 0.1) is 5.92 Å². The Labute approximate surface area is 165 Å². The normalized spacial score (nSPS) is 12.6. The summed E-state index contributed by atoms with van der Waals surface area (Å²) in [4.78, 5) is 42.5. The molecule has 0 saturated heterocycles. The summed E-state index contributed by atoms with van der Waals surface area (Å²) in [6.45, 7) is 6.18. The Kier molecular flexibility index (Phi) is 16.6. The second-order valence-electron chi connectivity index (χ2n) is 6.17. The number of esters is 1. The van der Waals surface area contributed by atoms with Crippen LogP contribution in [0.1, 0.15) is 53.4 Å². The molecular formula is C16H33N2O9P. The van der Waals surface area contributed by atoms with E-state index < -0.39 is 45.3 Å². The Morgan fingerprint density at radius 3 is 2.04 bits per heavy atom. The van der Waals surface area contributed by atoms with Crippen LogP contribution in [0.15, 0.2) is 0 Å². The summed E-state index contributed by atoms with van der Waals surface area (Å²) in [5, 5.41) is 10.2. The van der Waals surface area contributed by atoms with Crippen LogP contribution in [0.25, 0.3) is 0 Å². The van der Waals surface area contributed by atoms with Crippen molar-refractivity contribution in [2.24, 2.45) is 11.7 Å². The number of hydrogen-bond donors (Lipinski definition) is 4. The minimum absolute atomic E-state index is 0.256. The first-order valence-corrected chi connectivity index (χ1v) is 10.7. The lowest BCUT2D eigenvalue weighted by Gasteiger charge is -2.15. The second kappa shape index (κ2) is 16.3. The van der Waals surface area contributed by atoms with Crippen LogP contribution in [0.5, 0.6) is 0 Å². The maximum atomic E-state index is 11.8. The topological polar surface area (TPSA) is 174 Å². The quantitative estimate of drug-likeness (QED) is 0.204. The van der Waals surface area contributed by atoms with Crippen molar-refractivity contribution in [3.63, 3.8) is 0 Å². The number of carboxylic acids is 1. The molecule has 1 atom stereocenters. The molecule has 1 unspecified atom stereocenters. The number of nitrogens with two attached hydrogens (primary N) is 1. The molecule has 0 aromatic rings. The van der Waals surface area contributed by atoms with Crippen LogP contribution in [0.4, 0.5) is 4.79 Å². The van der Waals surface area contributed by atoms with Crippen molar-refractivity contribution >= 4 is 25.6 Å². The van der Waals surface area contributed by atoms with Crippen molar-refractivity contribution in [3.05, 3.63) is 0 Å². The molecule has 0 aliphatic heterocycles. The predicted octanol–water partition coefficient (Wildman–Crippen LogP) is 2.03. The van der Waals surface area contributed by atoms with Crippen molar-refractivity contribution in [2.45, 2.75) is 59.4 Å². The Morgan fingerprint density at radius 2 is 1.61 bits per heavy atom. The molecule has 0 aromatic carbocycles. The molecule has 0 aliphatic rings. The highest BCUT2D eigenvalue weighted by atomic mass is 31.2. The summed E-state index contributed by atoms with van der Waals surface area (Å²) in [6.07, 6.45) is 1.06. The number of aliphatic carboxylic acids is 1. The molecule has 0 saturated carbocycles. The van der Waals surface area contributed by atoms with E-state index in [2.05, 4.69) is 9.26 Å². The fourth-order valence-corrected chi connectivity index (χ4v) is 2.49. The number of carboxylic acid groups (broad SMARTS) is 1. The molecule has 1 amide bonds. The van der Waals surface area contributed by atoms with Gasteiger partial charge in [-0.3, -0.25) is 13.9 Å². The molecule has 0 heterocycles. The Morgan fingerprint density at radius 1 is 1.11 bits per heavy atom. The van der Waals surface area contributed by atoms with Crippen LogP contribution < -0.4 is 11.1 Å². The maximum absolute atomic E-state index is 11.8. The lowest BCUT2D eigenvalue weighted by Crippen LogP contribution is -2.28. The van der Waals surface area contributed by atoms with E-state index in [1.807, 2.05) is 33.0 Å². The van der Waals surface area contributed by atoms with Crippen molar-refractivity contribution in [2.75, 3.05) is 19.7 Å². The van der Waals surface area contributed by atoms with E-state index in [9.17, 15) is 23.8 Å². The standard InChI is InChI=1S/C13H24NO9P.C3H9N/c1-3-5-10(6-4-2)12(17)21-9-22-13(18)14-8-24(19,20)23-7-11(15)16;1-3(2)4/h10H,3-9H2,1-2H3,(H,14,18)(H,15,16)(H,19,20);3H,4H2,1-2H3. The molecule has 11 nitrogen and oxygen atoms in total. The van der Waals surface area contributed by atoms with Crippen LogP contribution in [-0.2, 0) is 28.2 Å². The molecular weight excluding hydrogens is 395 g/mol. The van der Waals surface area contributed by atoms with Gasteiger partial charge in [0.2, 0.25) is 6.79 Å². The van der Waals surface area contributed by atoms with E-state index in [1.54, 1.807) is 0 Å². The zero-order valence-corrected chi connectivity index (χ0v) is 17.8. The highest BCUT2D eigenvalue weighted by molar-refractivity contribution is 7.52. The zero-order chi connectivity index (χ0) is 22.2. The highest BCUT2D eigenvalue weighted by Gasteiger charge is 2.23. The first-order valence-electron chi connectivity index (χ1n) is 8.96. The van der Waals surface area contributed by atoms with Gasteiger partial charge in [0.15, 0.2) is 6.61 Å². The Hall–Kier alpha value is -1.68. The maximum Gasteiger partial charge on any atom is 0.410 e. The molecule has 0 spiro atoms. The van der Waals surface area contributed by atoms with E-state index in [4.69, 9.17) is 15.6 Å². The molecule has 28 heavy (non-hydrogen) atoms. The fraction of sp³-hybridized carbons (Fsp3) is 0.812. The SMILES string of the molecule is CC(C)N.CCCC(CCC)C(=O)OCOC(=O)NCP(=O)(O)OCC(=O)O. The summed E-state index contributed by atoms with van der Waals surface area (Å²) in [7, 11) is -4.29. The summed E-state index contributed by atoms with van der Waals surface area (Å²) < 4.78 is 24.9. The van der Waals surface area contributed by atoms with Gasteiger partial charge in [-0.15, -0.1) is 0 Å². The van der Waals surface area contributed by atoms with Gasteiger partial charge in [-0.2, -0.15) is 0 Å². The number of alkyl carbamates (subject to hydrolysis) is 1. The Balaban J connectivity index is 0. The Bertz CT molecular complexity index is 506. The van der Waals surface area contributed by atoms with Crippen LogP contribution >= 0.6 is 7.60 Å². The molecule has 0 rings (SSSR count). The first kappa shape index (κ1) is 28.5. The van der Waals surface area contributed by atoms with Gasteiger partial charge in [0.05, 0.1) is 5.92 Å². The molecule has 0 fully saturated rings. The second-order valence-corrected chi connectivity index (χ2v) is 8.02. The van der Waals surface area contributed by atoms with Gasteiger partial charge in [-0.1, -0.05) is 40.5 Å². The van der Waals surface area contributed by atoms with Crippen molar-refractivity contribution in [1.29, 1.82) is 0 Å². The molecule has 0 aromatic heterocycles. The average Bonchev–Trinajstić information content (AvgIpc) is 2.57. The third-order valence-electron chi connectivity index (χ3n) is 2.81. The minimum atomic E-state index is -4.29. The first-order chi connectivity index (χ1) is 12.9. The monoisotopic (exact) mass is 428 g/mol. The number of amides is 1. The van der Waals surface area contributed by atoms with Crippen LogP contribution in [-0.4, -0.2) is 53.8 Å². The van der Waals surface area contributed by atoms with E-state index in [-0.39, 0.29) is 5.92 Å². The van der Waals surface area contributed by atoms with Gasteiger partial charge in [-0.05, 0) is 18.9 Å². The minimum Gasteiger partial charge on any atom is -0.480 e. The van der Waals surface area contributed by atoms with Crippen molar-refractivity contribution in [1.82, 2.24) is 5.32 Å². The van der Waals surface area contributed by atoms with Gasteiger partial charge in [-0.25, -0.2) is 9.59 Å². The summed E-state index contributed by atoms with van der Waals surface area (Å²) in [5.41, 5.74) is 5.11. The number of rotatable bonds is 12. The number of hydrogen-bond acceptors (Lipinski definition) is 8. The largest absolute Gasteiger partial charge is 0.480 e. The van der Waals surface area contributed by atoms with Gasteiger partial charge in [0.25, 0.3) is 0 Å². The van der Waals surface area contributed by atoms with Gasteiger partial charge >= 0.3 is 25.6 Å². The highest BCUT2D eigenvalue weighted by Crippen LogP contribution is 2.39. The third kappa shape index (κ3) is 19.1. The van der Waals surface area contributed by atoms with E-state index in [0.717, 1.165) is 12.8 Å². The van der Waals surface area contributed by atoms with Crippen LogP contribution in [0.3, 0.4) is 0 Å². The molecule has 5 N–H and O–H groups in total. The van der Waals surface area contributed by atoms with E-state index >= 15 is 0 Å². The van der Waals surface area contributed by atoms with Gasteiger partial charge < -0.3 is 30.5 Å².